The van der Waals surface area contributed by atoms with Gasteiger partial charge in [-0.1, -0.05) is 56.3 Å². The van der Waals surface area contributed by atoms with Gasteiger partial charge in [-0.05, 0) is 23.6 Å². The molecule has 3 aromatic rings. The highest BCUT2D eigenvalue weighted by atomic mass is 16.2. The van der Waals surface area contributed by atoms with Gasteiger partial charge < -0.3 is 14.8 Å². The van der Waals surface area contributed by atoms with Crippen LogP contribution in [0.1, 0.15) is 37.7 Å². The number of nitrogens with one attached hydrogen (secondary N) is 1. The van der Waals surface area contributed by atoms with Crippen LogP contribution in [-0.4, -0.2) is 32.8 Å². The molecule has 4 rings (SSSR count). The number of amides is 2. The second-order valence-electron chi connectivity index (χ2n) is 8.41. The predicted molar refractivity (Wildman–Crippen MR) is 116 cm³/mol. The fourth-order valence-corrected chi connectivity index (χ4v) is 4.15. The molecule has 0 saturated carbocycles. The summed E-state index contributed by atoms with van der Waals surface area (Å²) in [7, 11) is 1.98. The summed E-state index contributed by atoms with van der Waals surface area (Å²) < 4.78 is 2.04. The molecular formula is C24H28N4O2. The normalized spacial score (nSPS) is 17.7. The molecule has 1 aromatic heterocycles. The Labute approximate surface area is 176 Å². The summed E-state index contributed by atoms with van der Waals surface area (Å²) in [6, 6.07) is 17.6. The SMILES string of the molecule is CC(C)[C@@H](NC(=O)[C@H]1CC(=O)N(Cc2ccccc2)C1)c1nc2ccccc2n1C. The van der Waals surface area contributed by atoms with Gasteiger partial charge in [0.15, 0.2) is 0 Å². The van der Waals surface area contributed by atoms with E-state index in [0.29, 0.717) is 13.1 Å². The Kier molecular flexibility index (Phi) is 5.57. The maximum absolute atomic E-state index is 13.1. The van der Waals surface area contributed by atoms with E-state index < -0.39 is 0 Å². The fourth-order valence-electron chi connectivity index (χ4n) is 4.15. The fraction of sp³-hybridized carbons (Fsp3) is 0.375. The lowest BCUT2D eigenvalue weighted by atomic mass is 10.0. The van der Waals surface area contributed by atoms with Crippen molar-refractivity contribution in [1.82, 2.24) is 19.8 Å². The van der Waals surface area contributed by atoms with Crippen LogP contribution < -0.4 is 5.32 Å². The minimum absolute atomic E-state index is 0.0304. The van der Waals surface area contributed by atoms with E-state index in [1.807, 2.05) is 66.2 Å². The van der Waals surface area contributed by atoms with Crippen molar-refractivity contribution in [2.45, 2.75) is 32.9 Å². The van der Waals surface area contributed by atoms with Gasteiger partial charge in [0.1, 0.15) is 5.82 Å². The number of imidazole rings is 1. The van der Waals surface area contributed by atoms with Gasteiger partial charge in [0, 0.05) is 26.6 Å². The number of para-hydroxylation sites is 2. The van der Waals surface area contributed by atoms with Gasteiger partial charge in [-0.15, -0.1) is 0 Å². The average molecular weight is 405 g/mol. The first-order valence-electron chi connectivity index (χ1n) is 10.5. The molecular weight excluding hydrogens is 376 g/mol. The zero-order valence-electron chi connectivity index (χ0n) is 17.7. The van der Waals surface area contributed by atoms with Crippen LogP contribution in [0.25, 0.3) is 11.0 Å². The molecule has 30 heavy (non-hydrogen) atoms. The summed E-state index contributed by atoms with van der Waals surface area (Å²) >= 11 is 0. The molecule has 1 aliphatic rings. The van der Waals surface area contributed by atoms with E-state index in [0.717, 1.165) is 22.4 Å². The van der Waals surface area contributed by atoms with E-state index in [1.165, 1.54) is 0 Å². The van der Waals surface area contributed by atoms with Gasteiger partial charge in [-0.3, -0.25) is 9.59 Å². The first kappa shape index (κ1) is 20.1. The Morgan fingerprint density at radius 3 is 2.53 bits per heavy atom. The number of carbonyl (C=O) groups is 2. The first-order valence-corrected chi connectivity index (χ1v) is 10.5. The third-order valence-electron chi connectivity index (χ3n) is 5.87. The highest BCUT2D eigenvalue weighted by Crippen LogP contribution is 2.27. The molecule has 1 N–H and O–H groups in total. The van der Waals surface area contributed by atoms with E-state index in [2.05, 4.69) is 19.2 Å². The van der Waals surface area contributed by atoms with Crippen molar-refractivity contribution in [3.05, 3.63) is 66.0 Å². The van der Waals surface area contributed by atoms with Crippen LogP contribution in [0.2, 0.25) is 0 Å². The third kappa shape index (κ3) is 3.95. The van der Waals surface area contributed by atoms with Gasteiger partial charge >= 0.3 is 0 Å². The van der Waals surface area contributed by atoms with Crippen LogP contribution in [0.15, 0.2) is 54.6 Å². The quantitative estimate of drug-likeness (QED) is 0.684. The second kappa shape index (κ2) is 8.30. The number of carbonyl (C=O) groups excluding carboxylic acids is 2. The zero-order valence-corrected chi connectivity index (χ0v) is 17.7. The number of aromatic nitrogens is 2. The maximum Gasteiger partial charge on any atom is 0.226 e. The molecule has 0 spiro atoms. The molecule has 1 aliphatic heterocycles. The van der Waals surface area contributed by atoms with Gasteiger partial charge in [0.25, 0.3) is 0 Å². The highest BCUT2D eigenvalue weighted by Gasteiger charge is 2.36. The highest BCUT2D eigenvalue weighted by molar-refractivity contribution is 5.89. The number of benzene rings is 2. The molecule has 6 heteroatoms. The lowest BCUT2D eigenvalue weighted by Crippen LogP contribution is -2.38. The summed E-state index contributed by atoms with van der Waals surface area (Å²) in [5.74, 6) is 0.622. The molecule has 2 heterocycles. The second-order valence-corrected chi connectivity index (χ2v) is 8.41. The van der Waals surface area contributed by atoms with Crippen molar-refractivity contribution >= 4 is 22.8 Å². The summed E-state index contributed by atoms with van der Waals surface area (Å²) in [5.41, 5.74) is 3.03. The van der Waals surface area contributed by atoms with Crippen LogP contribution in [0.4, 0.5) is 0 Å². The van der Waals surface area contributed by atoms with E-state index in [1.54, 1.807) is 4.90 Å². The van der Waals surface area contributed by atoms with Crippen LogP contribution in [0.5, 0.6) is 0 Å². The molecule has 1 saturated heterocycles. The summed E-state index contributed by atoms with van der Waals surface area (Å²) in [5, 5.41) is 3.18. The Bertz CT molecular complexity index is 1060. The molecule has 2 aromatic carbocycles. The number of likely N-dealkylation sites (tertiary alicyclic amines) is 1. The summed E-state index contributed by atoms with van der Waals surface area (Å²) in [4.78, 5) is 32.1. The standard InChI is InChI=1S/C24H28N4O2/c1-16(2)22(23-25-19-11-7-8-12-20(19)27(23)3)26-24(30)18-13-21(29)28(15-18)14-17-9-5-4-6-10-17/h4-12,16,18,22H,13-15H2,1-3H3,(H,26,30)/t18-,22+/m0/s1. The molecule has 156 valence electrons. The van der Waals surface area contributed by atoms with Crippen molar-refractivity contribution in [1.29, 1.82) is 0 Å². The summed E-state index contributed by atoms with van der Waals surface area (Å²) in [6.45, 7) is 5.15. The van der Waals surface area contributed by atoms with Crippen LogP contribution in [0, 0.1) is 11.8 Å². The van der Waals surface area contributed by atoms with Crippen LogP contribution in [-0.2, 0) is 23.2 Å². The Morgan fingerprint density at radius 2 is 1.83 bits per heavy atom. The number of hydrogen-bond donors (Lipinski definition) is 1. The topological polar surface area (TPSA) is 67.2 Å². The molecule has 0 radical (unpaired) electrons. The molecule has 0 bridgehead atoms. The number of rotatable bonds is 6. The number of nitrogens with zero attached hydrogens (tertiary/aromatic N) is 3. The van der Waals surface area contributed by atoms with Crippen LogP contribution >= 0.6 is 0 Å². The minimum Gasteiger partial charge on any atom is -0.346 e. The van der Waals surface area contributed by atoms with Crippen molar-refractivity contribution in [2.24, 2.45) is 18.9 Å². The van der Waals surface area contributed by atoms with E-state index in [4.69, 9.17) is 4.98 Å². The first-order chi connectivity index (χ1) is 14.4. The van der Waals surface area contributed by atoms with Crippen molar-refractivity contribution < 1.29 is 9.59 Å². The molecule has 1 fully saturated rings. The van der Waals surface area contributed by atoms with Crippen molar-refractivity contribution in [3.8, 4) is 0 Å². The molecule has 2 amide bonds. The monoisotopic (exact) mass is 404 g/mol. The van der Waals surface area contributed by atoms with E-state index >= 15 is 0 Å². The molecule has 0 unspecified atom stereocenters. The van der Waals surface area contributed by atoms with E-state index in [-0.39, 0.29) is 36.1 Å². The number of aryl methyl sites for hydroxylation is 1. The summed E-state index contributed by atoms with van der Waals surface area (Å²) in [6.07, 6.45) is 0.256. The minimum atomic E-state index is -0.336. The van der Waals surface area contributed by atoms with Crippen molar-refractivity contribution in [2.75, 3.05) is 6.54 Å². The predicted octanol–water partition coefficient (Wildman–Crippen LogP) is 3.44. The zero-order chi connectivity index (χ0) is 21.3. The van der Waals surface area contributed by atoms with Gasteiger partial charge in [-0.25, -0.2) is 4.98 Å². The lowest BCUT2D eigenvalue weighted by Gasteiger charge is -2.24. The maximum atomic E-state index is 13.1. The van der Waals surface area contributed by atoms with E-state index in [9.17, 15) is 9.59 Å². The number of fused-ring (bicyclic) bond motifs is 1. The average Bonchev–Trinajstić information content (AvgIpc) is 3.27. The largest absolute Gasteiger partial charge is 0.346 e. The third-order valence-corrected chi connectivity index (χ3v) is 5.87. The number of hydrogen-bond acceptors (Lipinski definition) is 3. The molecule has 0 aliphatic carbocycles. The Hall–Kier alpha value is -3.15. The molecule has 2 atom stereocenters. The van der Waals surface area contributed by atoms with Gasteiger partial charge in [0.05, 0.1) is 23.0 Å². The Morgan fingerprint density at radius 1 is 1.13 bits per heavy atom. The van der Waals surface area contributed by atoms with Gasteiger partial charge in [-0.2, -0.15) is 0 Å². The van der Waals surface area contributed by atoms with Gasteiger partial charge in [0.2, 0.25) is 11.8 Å². The Balaban J connectivity index is 1.48. The smallest absolute Gasteiger partial charge is 0.226 e. The lowest BCUT2D eigenvalue weighted by molar-refractivity contribution is -0.129. The van der Waals surface area contributed by atoms with Crippen molar-refractivity contribution in [3.63, 3.8) is 0 Å². The van der Waals surface area contributed by atoms with Crippen LogP contribution in [0.3, 0.4) is 0 Å². The molecule has 6 nitrogen and oxygen atoms in total.